The molecule has 1 aliphatic carbocycles. The van der Waals surface area contributed by atoms with E-state index in [0.29, 0.717) is 10.7 Å². The lowest BCUT2D eigenvalue weighted by Gasteiger charge is -2.11. The number of hydrogen-bond acceptors (Lipinski definition) is 4. The minimum atomic E-state index is -0.197. The number of carbonyl (C=O) groups excluding carboxylic acids is 1. The van der Waals surface area contributed by atoms with Crippen molar-refractivity contribution in [2.24, 2.45) is 5.92 Å². The van der Waals surface area contributed by atoms with Gasteiger partial charge in [-0.05, 0) is 18.6 Å². The van der Waals surface area contributed by atoms with Crippen LogP contribution in [0.5, 0.6) is 0 Å². The molecular weight excluding hydrogens is 320 g/mol. The number of aromatic nitrogens is 1. The molecule has 0 saturated carbocycles. The zero-order valence-electron chi connectivity index (χ0n) is 11.7. The van der Waals surface area contributed by atoms with E-state index in [-0.39, 0.29) is 24.5 Å². The molecule has 0 fully saturated rings. The van der Waals surface area contributed by atoms with Crippen LogP contribution in [0.25, 0.3) is 10.6 Å². The summed E-state index contributed by atoms with van der Waals surface area (Å²) in [5, 5.41) is 15.2. The first-order valence-electron chi connectivity index (χ1n) is 6.97. The van der Waals surface area contributed by atoms with Crippen LogP contribution in [0.15, 0.2) is 41.8 Å². The van der Waals surface area contributed by atoms with Crippen LogP contribution in [-0.2, 0) is 0 Å². The van der Waals surface area contributed by atoms with Crippen molar-refractivity contribution in [2.75, 3.05) is 6.61 Å². The third-order valence-corrected chi connectivity index (χ3v) is 4.66. The Hall–Kier alpha value is -1.69. The van der Waals surface area contributed by atoms with Gasteiger partial charge in [-0.2, -0.15) is 0 Å². The molecule has 2 N–H and O–H groups in total. The van der Waals surface area contributed by atoms with Crippen LogP contribution in [0.1, 0.15) is 16.9 Å². The van der Waals surface area contributed by atoms with Gasteiger partial charge in [0.2, 0.25) is 0 Å². The molecule has 0 aliphatic heterocycles. The number of hydrogen-bond donors (Lipinski definition) is 2. The van der Waals surface area contributed by atoms with Crippen molar-refractivity contribution in [1.29, 1.82) is 0 Å². The van der Waals surface area contributed by atoms with Crippen molar-refractivity contribution in [3.05, 3.63) is 52.5 Å². The Morgan fingerprint density at radius 2 is 2.32 bits per heavy atom. The maximum absolute atomic E-state index is 12.2. The first-order valence-corrected chi connectivity index (χ1v) is 8.23. The van der Waals surface area contributed by atoms with Gasteiger partial charge < -0.3 is 10.4 Å². The number of aliphatic hydroxyl groups excluding tert-OH is 1. The SMILES string of the molecule is O=C(N[C@@H]1C=C[C@H](CO)C1)c1csc(-c2cccc(Cl)c2)n1. The molecule has 1 aromatic heterocycles. The maximum atomic E-state index is 12.2. The second-order valence-electron chi connectivity index (χ2n) is 5.19. The van der Waals surface area contributed by atoms with Crippen LogP contribution in [0, 0.1) is 5.92 Å². The van der Waals surface area contributed by atoms with Crippen LogP contribution in [0.4, 0.5) is 0 Å². The zero-order chi connectivity index (χ0) is 15.5. The average Bonchev–Trinajstić information content (AvgIpc) is 3.16. The van der Waals surface area contributed by atoms with Gasteiger partial charge >= 0.3 is 0 Å². The Morgan fingerprint density at radius 3 is 3.05 bits per heavy atom. The lowest BCUT2D eigenvalue weighted by Crippen LogP contribution is -2.33. The van der Waals surface area contributed by atoms with E-state index in [4.69, 9.17) is 16.7 Å². The molecule has 2 atom stereocenters. The fraction of sp³-hybridized carbons (Fsp3) is 0.250. The highest BCUT2D eigenvalue weighted by Gasteiger charge is 2.21. The highest BCUT2D eigenvalue weighted by molar-refractivity contribution is 7.13. The van der Waals surface area contributed by atoms with Crippen molar-refractivity contribution in [3.8, 4) is 10.6 Å². The Morgan fingerprint density at radius 1 is 1.45 bits per heavy atom. The van der Waals surface area contributed by atoms with Gasteiger partial charge in [0.1, 0.15) is 10.7 Å². The van der Waals surface area contributed by atoms with Crippen LogP contribution < -0.4 is 5.32 Å². The third kappa shape index (κ3) is 3.38. The molecule has 1 aromatic carbocycles. The quantitative estimate of drug-likeness (QED) is 0.844. The second-order valence-corrected chi connectivity index (χ2v) is 6.49. The summed E-state index contributed by atoms with van der Waals surface area (Å²) in [6.45, 7) is 0.110. The van der Waals surface area contributed by atoms with Gasteiger partial charge in [0.05, 0.1) is 0 Å². The van der Waals surface area contributed by atoms with Crippen molar-refractivity contribution < 1.29 is 9.90 Å². The number of rotatable bonds is 4. The molecule has 1 aliphatic rings. The van der Waals surface area contributed by atoms with E-state index < -0.39 is 0 Å². The van der Waals surface area contributed by atoms with Crippen molar-refractivity contribution >= 4 is 28.8 Å². The van der Waals surface area contributed by atoms with E-state index in [2.05, 4.69) is 10.3 Å². The van der Waals surface area contributed by atoms with Crippen molar-refractivity contribution in [3.63, 3.8) is 0 Å². The van der Waals surface area contributed by atoms with Crippen LogP contribution >= 0.6 is 22.9 Å². The average molecular weight is 335 g/mol. The van der Waals surface area contributed by atoms with Crippen molar-refractivity contribution in [1.82, 2.24) is 10.3 Å². The number of thiazole rings is 1. The van der Waals surface area contributed by atoms with Gasteiger partial charge in [0, 0.05) is 34.5 Å². The molecular formula is C16H15ClN2O2S. The van der Waals surface area contributed by atoms with E-state index in [9.17, 15) is 4.79 Å². The lowest BCUT2D eigenvalue weighted by molar-refractivity contribution is 0.0937. The summed E-state index contributed by atoms with van der Waals surface area (Å²) in [5.74, 6) is -0.0690. The standard InChI is InChI=1S/C16H15ClN2O2S/c17-12-3-1-2-11(7-12)16-19-14(9-22-16)15(21)18-13-5-4-10(6-13)8-20/h1-5,7,9-10,13,20H,6,8H2,(H,18,21)/t10-,13+/m0/s1. The van der Waals surface area contributed by atoms with Gasteiger partial charge in [-0.1, -0.05) is 35.9 Å². The van der Waals surface area contributed by atoms with E-state index in [1.165, 1.54) is 11.3 Å². The molecule has 0 unspecified atom stereocenters. The Bertz CT molecular complexity index is 714. The number of nitrogens with one attached hydrogen (secondary N) is 1. The summed E-state index contributed by atoms with van der Waals surface area (Å²) in [6, 6.07) is 7.36. The summed E-state index contributed by atoms with van der Waals surface area (Å²) >= 11 is 7.39. The molecule has 22 heavy (non-hydrogen) atoms. The molecule has 1 amide bonds. The van der Waals surface area contributed by atoms with Crippen molar-refractivity contribution in [2.45, 2.75) is 12.5 Å². The highest BCUT2D eigenvalue weighted by atomic mass is 35.5. The lowest BCUT2D eigenvalue weighted by atomic mass is 10.1. The van der Waals surface area contributed by atoms with E-state index in [1.807, 2.05) is 30.4 Å². The number of aliphatic hydroxyl groups is 1. The predicted molar refractivity (Wildman–Crippen MR) is 88.1 cm³/mol. The monoisotopic (exact) mass is 334 g/mol. The van der Waals surface area contributed by atoms with Crippen LogP contribution in [0.3, 0.4) is 0 Å². The number of carbonyl (C=O) groups is 1. The number of amides is 1. The Labute approximate surface area is 137 Å². The number of nitrogens with zero attached hydrogens (tertiary/aromatic N) is 1. The molecule has 6 heteroatoms. The van der Waals surface area contributed by atoms with Gasteiger partial charge in [-0.15, -0.1) is 11.3 Å². The van der Waals surface area contributed by atoms with Crippen LogP contribution in [-0.4, -0.2) is 28.6 Å². The normalized spacial score (nSPS) is 20.3. The minimum Gasteiger partial charge on any atom is -0.396 e. The molecule has 1 heterocycles. The minimum absolute atomic E-state index is 0.0408. The van der Waals surface area contributed by atoms with E-state index in [1.54, 1.807) is 11.4 Å². The van der Waals surface area contributed by atoms with Crippen LogP contribution in [0.2, 0.25) is 5.02 Å². The summed E-state index contributed by atoms with van der Waals surface area (Å²) < 4.78 is 0. The Kier molecular flexibility index (Phi) is 4.57. The second kappa shape index (κ2) is 6.60. The molecule has 3 rings (SSSR count). The molecule has 0 bridgehead atoms. The first-order chi connectivity index (χ1) is 10.7. The largest absolute Gasteiger partial charge is 0.396 e. The van der Waals surface area contributed by atoms with E-state index in [0.717, 1.165) is 17.0 Å². The fourth-order valence-electron chi connectivity index (χ4n) is 2.39. The van der Waals surface area contributed by atoms with Gasteiger partial charge in [0.25, 0.3) is 5.91 Å². The summed E-state index contributed by atoms with van der Waals surface area (Å²) in [7, 11) is 0. The molecule has 2 aromatic rings. The summed E-state index contributed by atoms with van der Waals surface area (Å²) in [6.07, 6.45) is 4.58. The summed E-state index contributed by atoms with van der Waals surface area (Å²) in [5.41, 5.74) is 1.30. The molecule has 114 valence electrons. The van der Waals surface area contributed by atoms with Gasteiger partial charge in [-0.25, -0.2) is 4.98 Å². The topological polar surface area (TPSA) is 62.2 Å². The number of benzene rings is 1. The third-order valence-electron chi connectivity index (χ3n) is 3.53. The van der Waals surface area contributed by atoms with E-state index >= 15 is 0 Å². The predicted octanol–water partition coefficient (Wildman–Crippen LogP) is 3.13. The van der Waals surface area contributed by atoms with Gasteiger partial charge in [0.15, 0.2) is 0 Å². The zero-order valence-corrected chi connectivity index (χ0v) is 13.3. The molecule has 0 spiro atoms. The van der Waals surface area contributed by atoms with Gasteiger partial charge in [-0.3, -0.25) is 4.79 Å². The molecule has 0 saturated heterocycles. The maximum Gasteiger partial charge on any atom is 0.271 e. The molecule has 4 nitrogen and oxygen atoms in total. The first kappa shape index (κ1) is 15.2. The smallest absolute Gasteiger partial charge is 0.271 e. The number of halogens is 1. The fourth-order valence-corrected chi connectivity index (χ4v) is 3.38. The summed E-state index contributed by atoms with van der Waals surface area (Å²) in [4.78, 5) is 16.6. The Balaban J connectivity index is 1.69. The molecule has 0 radical (unpaired) electrons. The highest BCUT2D eigenvalue weighted by Crippen LogP contribution is 2.26.